The van der Waals surface area contributed by atoms with E-state index in [4.69, 9.17) is 0 Å². The van der Waals surface area contributed by atoms with E-state index in [1.807, 2.05) is 34.1 Å². The van der Waals surface area contributed by atoms with E-state index in [9.17, 15) is 19.8 Å². The van der Waals surface area contributed by atoms with Gasteiger partial charge < -0.3 is 20.0 Å². The summed E-state index contributed by atoms with van der Waals surface area (Å²) in [6.07, 6.45) is -1.24. The highest BCUT2D eigenvalue weighted by Crippen LogP contribution is 2.22. The molecule has 2 aromatic carbocycles. The first-order chi connectivity index (χ1) is 13.3. The molecule has 0 aromatic heterocycles. The molecule has 3 rings (SSSR count). The zero-order valence-corrected chi connectivity index (χ0v) is 16.2. The van der Waals surface area contributed by atoms with Gasteiger partial charge in [0.25, 0.3) is 0 Å². The number of hydrogen-bond donors (Lipinski definition) is 2. The second kappa shape index (κ2) is 8.54. The Hall–Kier alpha value is -2.70. The van der Waals surface area contributed by atoms with Crippen LogP contribution in [0.15, 0.2) is 48.5 Å². The number of aliphatic hydroxyl groups is 2. The smallest absolute Gasteiger partial charge is 0.159 e. The molecule has 1 saturated heterocycles. The average molecular weight is 382 g/mol. The fraction of sp³-hybridized carbons (Fsp3) is 0.364. The minimum absolute atomic E-state index is 0.00530. The highest BCUT2D eigenvalue weighted by atomic mass is 16.3. The molecule has 28 heavy (non-hydrogen) atoms. The maximum Gasteiger partial charge on any atom is 0.159 e. The Morgan fingerprint density at radius 1 is 0.679 bits per heavy atom. The van der Waals surface area contributed by atoms with E-state index in [0.717, 1.165) is 11.4 Å². The summed E-state index contributed by atoms with van der Waals surface area (Å²) >= 11 is 0. The SMILES string of the molecule is CC(=O)c1ccc(N2CC(O)CN(c3ccc(C(C)=O)cc3)CC(O)C2)cc1. The maximum absolute atomic E-state index is 11.4. The summed E-state index contributed by atoms with van der Waals surface area (Å²) in [6, 6.07) is 14.4. The third-order valence-electron chi connectivity index (χ3n) is 5.00. The van der Waals surface area contributed by atoms with Crippen LogP contribution in [-0.4, -0.2) is 60.2 Å². The number of benzene rings is 2. The molecule has 0 saturated carbocycles. The van der Waals surface area contributed by atoms with Crippen molar-refractivity contribution >= 4 is 22.9 Å². The molecular weight excluding hydrogens is 356 g/mol. The summed E-state index contributed by atoms with van der Waals surface area (Å²) in [4.78, 5) is 26.8. The number of carbonyl (C=O) groups is 2. The molecule has 0 bridgehead atoms. The van der Waals surface area contributed by atoms with Crippen LogP contribution in [0.25, 0.3) is 0 Å². The van der Waals surface area contributed by atoms with Gasteiger partial charge in [-0.2, -0.15) is 0 Å². The molecule has 1 heterocycles. The molecule has 0 amide bonds. The van der Waals surface area contributed by atoms with Crippen LogP contribution in [0.4, 0.5) is 11.4 Å². The lowest BCUT2D eigenvalue weighted by Crippen LogP contribution is -2.50. The predicted octanol–water partition coefficient (Wildman–Crippen LogP) is 2.14. The van der Waals surface area contributed by atoms with Crippen molar-refractivity contribution in [2.24, 2.45) is 0 Å². The van der Waals surface area contributed by atoms with Crippen LogP contribution in [0.3, 0.4) is 0 Å². The van der Waals surface area contributed by atoms with E-state index in [1.165, 1.54) is 13.8 Å². The Labute approximate surface area is 165 Å². The van der Waals surface area contributed by atoms with Crippen LogP contribution >= 0.6 is 0 Å². The summed E-state index contributed by atoms with van der Waals surface area (Å²) in [5.74, 6) is 0.0106. The highest BCUT2D eigenvalue weighted by molar-refractivity contribution is 5.94. The van der Waals surface area contributed by atoms with Crippen molar-refractivity contribution < 1.29 is 19.8 Å². The number of anilines is 2. The Bertz CT molecular complexity index is 749. The fourth-order valence-electron chi connectivity index (χ4n) is 3.52. The van der Waals surface area contributed by atoms with E-state index < -0.39 is 12.2 Å². The molecule has 1 fully saturated rings. The van der Waals surface area contributed by atoms with Crippen molar-refractivity contribution in [1.82, 2.24) is 0 Å². The average Bonchev–Trinajstić information content (AvgIpc) is 2.65. The van der Waals surface area contributed by atoms with Crippen molar-refractivity contribution in [3.63, 3.8) is 0 Å². The van der Waals surface area contributed by atoms with Gasteiger partial charge in [-0.05, 0) is 62.4 Å². The zero-order valence-electron chi connectivity index (χ0n) is 16.2. The first-order valence-corrected chi connectivity index (χ1v) is 9.41. The molecule has 6 nitrogen and oxygen atoms in total. The van der Waals surface area contributed by atoms with E-state index >= 15 is 0 Å². The number of carbonyl (C=O) groups excluding carboxylic acids is 2. The Morgan fingerprint density at radius 2 is 0.964 bits per heavy atom. The van der Waals surface area contributed by atoms with E-state index in [-0.39, 0.29) is 11.6 Å². The zero-order chi connectivity index (χ0) is 20.3. The van der Waals surface area contributed by atoms with Gasteiger partial charge in [0, 0.05) is 48.7 Å². The van der Waals surface area contributed by atoms with Gasteiger partial charge in [-0.3, -0.25) is 9.59 Å². The number of rotatable bonds is 4. The van der Waals surface area contributed by atoms with Crippen LogP contribution in [0, 0.1) is 0 Å². The third-order valence-corrected chi connectivity index (χ3v) is 5.00. The second-order valence-corrected chi connectivity index (χ2v) is 7.32. The molecule has 0 radical (unpaired) electrons. The van der Waals surface area contributed by atoms with Crippen molar-refractivity contribution in [2.45, 2.75) is 26.1 Å². The summed E-state index contributed by atoms with van der Waals surface area (Å²) in [5, 5.41) is 21.2. The molecular formula is C22H26N2O4. The fourth-order valence-corrected chi connectivity index (χ4v) is 3.52. The van der Waals surface area contributed by atoms with Crippen molar-refractivity contribution in [3.8, 4) is 0 Å². The van der Waals surface area contributed by atoms with Gasteiger partial charge in [0.1, 0.15) is 0 Å². The van der Waals surface area contributed by atoms with Crippen LogP contribution in [0.1, 0.15) is 34.6 Å². The number of Topliss-reactive ketones (excluding diaryl/α,β-unsaturated/α-hetero) is 2. The third kappa shape index (κ3) is 4.77. The van der Waals surface area contributed by atoms with E-state index in [0.29, 0.717) is 37.3 Å². The van der Waals surface area contributed by atoms with Crippen LogP contribution < -0.4 is 9.80 Å². The molecule has 2 N–H and O–H groups in total. The summed E-state index contributed by atoms with van der Waals surface area (Å²) < 4.78 is 0. The topological polar surface area (TPSA) is 81.1 Å². The first-order valence-electron chi connectivity index (χ1n) is 9.41. The Kier molecular flexibility index (Phi) is 6.11. The monoisotopic (exact) mass is 382 g/mol. The van der Waals surface area contributed by atoms with E-state index in [1.54, 1.807) is 24.3 Å². The predicted molar refractivity (Wildman–Crippen MR) is 109 cm³/mol. The summed E-state index contributed by atoms with van der Waals surface area (Å²) in [6.45, 7) is 4.54. The van der Waals surface area contributed by atoms with Crippen LogP contribution in [0.5, 0.6) is 0 Å². The lowest BCUT2D eigenvalue weighted by atomic mass is 10.1. The number of aliphatic hydroxyl groups excluding tert-OH is 2. The molecule has 2 aromatic rings. The van der Waals surface area contributed by atoms with Gasteiger partial charge in [-0.15, -0.1) is 0 Å². The lowest BCUT2D eigenvalue weighted by Gasteiger charge is -2.37. The summed E-state index contributed by atoms with van der Waals surface area (Å²) in [5.41, 5.74) is 3.00. The number of ketones is 2. The molecule has 148 valence electrons. The number of hydrogen-bond acceptors (Lipinski definition) is 6. The van der Waals surface area contributed by atoms with Crippen LogP contribution in [-0.2, 0) is 0 Å². The van der Waals surface area contributed by atoms with Gasteiger partial charge in [0.2, 0.25) is 0 Å². The minimum Gasteiger partial charge on any atom is -0.389 e. The quantitative estimate of drug-likeness (QED) is 0.789. The minimum atomic E-state index is -0.618. The highest BCUT2D eigenvalue weighted by Gasteiger charge is 2.24. The largest absolute Gasteiger partial charge is 0.389 e. The van der Waals surface area contributed by atoms with Crippen molar-refractivity contribution in [3.05, 3.63) is 59.7 Å². The van der Waals surface area contributed by atoms with Gasteiger partial charge in [0.05, 0.1) is 12.2 Å². The standard InChI is InChI=1S/C22H26N2O4/c1-15(25)17-3-7-19(8-4-17)23-11-21(27)13-24(14-22(28)12-23)20-9-5-18(6-10-20)16(2)26/h3-10,21-22,27-28H,11-14H2,1-2H3. The molecule has 1 aliphatic heterocycles. The number of nitrogens with zero attached hydrogens (tertiary/aromatic N) is 2. The Morgan fingerprint density at radius 3 is 1.21 bits per heavy atom. The maximum atomic E-state index is 11.4. The molecule has 1 aliphatic rings. The second-order valence-electron chi connectivity index (χ2n) is 7.32. The van der Waals surface area contributed by atoms with Crippen molar-refractivity contribution in [2.75, 3.05) is 36.0 Å². The Balaban J connectivity index is 1.73. The molecule has 0 spiro atoms. The lowest BCUT2D eigenvalue weighted by molar-refractivity contribution is 0.100. The van der Waals surface area contributed by atoms with Crippen LogP contribution in [0.2, 0.25) is 0 Å². The van der Waals surface area contributed by atoms with Crippen molar-refractivity contribution in [1.29, 1.82) is 0 Å². The van der Waals surface area contributed by atoms with Gasteiger partial charge in [-0.1, -0.05) is 0 Å². The van der Waals surface area contributed by atoms with Gasteiger partial charge in [0.15, 0.2) is 11.6 Å². The summed E-state index contributed by atoms with van der Waals surface area (Å²) in [7, 11) is 0. The van der Waals surface area contributed by atoms with Gasteiger partial charge in [-0.25, -0.2) is 0 Å². The first kappa shape index (κ1) is 20.0. The van der Waals surface area contributed by atoms with Gasteiger partial charge >= 0.3 is 0 Å². The molecule has 0 unspecified atom stereocenters. The molecule has 6 heteroatoms. The molecule has 0 atom stereocenters. The van der Waals surface area contributed by atoms with E-state index in [2.05, 4.69) is 0 Å². The normalized spacial score (nSPS) is 20.4. The molecule has 0 aliphatic carbocycles. The number of β-amino-alcohol motifs (C(OH)–C–C–N with tert-alkyl or cyclic N) is 2.